The molecule has 0 saturated carbocycles. The molecule has 0 unspecified atom stereocenters. The van der Waals surface area contributed by atoms with Gasteiger partial charge < -0.3 is 15.8 Å². The SMILES string of the molecule is Nc1ccccc1OCCCC(=O)Nc1ccc(F)cn1. The van der Waals surface area contributed by atoms with E-state index in [9.17, 15) is 9.18 Å². The third-order valence-electron chi connectivity index (χ3n) is 2.72. The van der Waals surface area contributed by atoms with Gasteiger partial charge in [-0.3, -0.25) is 4.79 Å². The number of hydrogen-bond donors (Lipinski definition) is 2. The lowest BCUT2D eigenvalue weighted by Gasteiger charge is -2.08. The smallest absolute Gasteiger partial charge is 0.225 e. The van der Waals surface area contributed by atoms with Crippen molar-refractivity contribution in [2.45, 2.75) is 12.8 Å². The number of nitrogen functional groups attached to an aromatic ring is 1. The Morgan fingerprint density at radius 2 is 2.10 bits per heavy atom. The van der Waals surface area contributed by atoms with Crippen molar-refractivity contribution >= 4 is 17.4 Å². The Hall–Kier alpha value is -2.63. The molecule has 2 rings (SSSR count). The molecule has 0 spiro atoms. The molecular weight excluding hydrogens is 273 g/mol. The number of rotatable bonds is 6. The fourth-order valence-electron chi connectivity index (χ4n) is 1.68. The van der Waals surface area contributed by atoms with Crippen molar-refractivity contribution in [2.24, 2.45) is 0 Å². The van der Waals surface area contributed by atoms with Crippen LogP contribution in [0.1, 0.15) is 12.8 Å². The second-order valence-electron chi connectivity index (χ2n) is 4.40. The molecule has 2 aromatic rings. The van der Waals surface area contributed by atoms with Gasteiger partial charge in [0.25, 0.3) is 0 Å². The summed E-state index contributed by atoms with van der Waals surface area (Å²) in [7, 11) is 0. The molecule has 3 N–H and O–H groups in total. The van der Waals surface area contributed by atoms with E-state index in [2.05, 4.69) is 10.3 Å². The summed E-state index contributed by atoms with van der Waals surface area (Å²) >= 11 is 0. The van der Waals surface area contributed by atoms with Crippen molar-refractivity contribution in [1.29, 1.82) is 0 Å². The summed E-state index contributed by atoms with van der Waals surface area (Å²) in [6.45, 7) is 0.387. The molecule has 1 heterocycles. The standard InChI is InChI=1S/C15H16FN3O2/c16-11-7-8-14(18-10-11)19-15(20)6-3-9-21-13-5-2-1-4-12(13)17/h1-2,4-5,7-8,10H,3,6,9,17H2,(H,18,19,20). The molecular formula is C15H16FN3O2. The summed E-state index contributed by atoms with van der Waals surface area (Å²) in [5.41, 5.74) is 6.30. The van der Waals surface area contributed by atoms with Crippen molar-refractivity contribution in [3.63, 3.8) is 0 Å². The molecule has 5 nitrogen and oxygen atoms in total. The first-order valence-electron chi connectivity index (χ1n) is 6.54. The number of carbonyl (C=O) groups excluding carboxylic acids is 1. The molecule has 21 heavy (non-hydrogen) atoms. The van der Waals surface area contributed by atoms with Gasteiger partial charge in [-0.05, 0) is 30.7 Å². The van der Waals surface area contributed by atoms with Crippen molar-refractivity contribution in [1.82, 2.24) is 4.98 Å². The summed E-state index contributed by atoms with van der Waals surface area (Å²) in [4.78, 5) is 15.4. The van der Waals surface area contributed by atoms with Gasteiger partial charge in [0.2, 0.25) is 5.91 Å². The average Bonchev–Trinajstić information content (AvgIpc) is 2.48. The lowest BCUT2D eigenvalue weighted by atomic mass is 10.3. The average molecular weight is 289 g/mol. The number of para-hydroxylation sites is 2. The summed E-state index contributed by atoms with van der Waals surface area (Å²) < 4.78 is 18.1. The van der Waals surface area contributed by atoms with Crippen LogP contribution in [0, 0.1) is 5.82 Å². The molecule has 1 aromatic carbocycles. The highest BCUT2D eigenvalue weighted by molar-refractivity contribution is 5.89. The van der Waals surface area contributed by atoms with E-state index in [4.69, 9.17) is 10.5 Å². The first-order valence-corrected chi connectivity index (χ1v) is 6.54. The van der Waals surface area contributed by atoms with Crippen molar-refractivity contribution in [3.05, 3.63) is 48.4 Å². The normalized spacial score (nSPS) is 10.1. The minimum absolute atomic E-state index is 0.196. The van der Waals surface area contributed by atoms with Gasteiger partial charge in [-0.25, -0.2) is 9.37 Å². The van der Waals surface area contributed by atoms with Gasteiger partial charge in [0.1, 0.15) is 17.4 Å². The van der Waals surface area contributed by atoms with Gasteiger partial charge in [-0.2, -0.15) is 0 Å². The van der Waals surface area contributed by atoms with Gasteiger partial charge in [-0.15, -0.1) is 0 Å². The Bertz CT molecular complexity index is 602. The molecule has 0 fully saturated rings. The summed E-state index contributed by atoms with van der Waals surface area (Å²) in [6, 6.07) is 9.84. The van der Waals surface area contributed by atoms with Crippen LogP contribution in [0.25, 0.3) is 0 Å². The third-order valence-corrected chi connectivity index (χ3v) is 2.72. The van der Waals surface area contributed by atoms with Gasteiger partial charge in [0, 0.05) is 6.42 Å². The zero-order valence-electron chi connectivity index (χ0n) is 11.4. The molecule has 0 bridgehead atoms. The Balaban J connectivity index is 1.70. The number of anilines is 2. The summed E-state index contributed by atoms with van der Waals surface area (Å²) in [5.74, 6) is 0.299. The molecule has 0 atom stereocenters. The number of amides is 1. The predicted molar refractivity (Wildman–Crippen MR) is 78.4 cm³/mol. The van der Waals surface area contributed by atoms with E-state index in [1.165, 1.54) is 12.1 Å². The molecule has 1 aromatic heterocycles. The molecule has 1 amide bonds. The van der Waals surface area contributed by atoms with Crippen molar-refractivity contribution in [2.75, 3.05) is 17.7 Å². The Morgan fingerprint density at radius 1 is 1.29 bits per heavy atom. The second kappa shape index (κ2) is 7.23. The number of nitrogens with one attached hydrogen (secondary N) is 1. The van der Waals surface area contributed by atoms with Crippen LogP contribution in [0.15, 0.2) is 42.6 Å². The van der Waals surface area contributed by atoms with Crippen LogP contribution in [-0.2, 0) is 4.79 Å². The predicted octanol–water partition coefficient (Wildman–Crippen LogP) is 2.60. The van der Waals surface area contributed by atoms with Crippen LogP contribution < -0.4 is 15.8 Å². The molecule has 0 aliphatic heterocycles. The van der Waals surface area contributed by atoms with Gasteiger partial charge in [0.05, 0.1) is 18.5 Å². The number of benzene rings is 1. The van der Waals surface area contributed by atoms with Crippen LogP contribution in [0.3, 0.4) is 0 Å². The maximum absolute atomic E-state index is 12.7. The Kier molecular flexibility index (Phi) is 5.09. The van der Waals surface area contributed by atoms with Crippen LogP contribution in [-0.4, -0.2) is 17.5 Å². The van der Waals surface area contributed by atoms with Gasteiger partial charge in [0.15, 0.2) is 0 Å². The number of nitrogens with zero attached hydrogens (tertiary/aromatic N) is 1. The maximum atomic E-state index is 12.7. The lowest BCUT2D eigenvalue weighted by Crippen LogP contribution is -2.13. The van der Waals surface area contributed by atoms with Crippen LogP contribution in [0.2, 0.25) is 0 Å². The van der Waals surface area contributed by atoms with Crippen molar-refractivity contribution < 1.29 is 13.9 Å². The van der Waals surface area contributed by atoms with Crippen LogP contribution in [0.5, 0.6) is 5.75 Å². The fourth-order valence-corrected chi connectivity index (χ4v) is 1.68. The largest absolute Gasteiger partial charge is 0.491 e. The van der Waals surface area contributed by atoms with E-state index in [0.717, 1.165) is 6.20 Å². The summed E-state index contributed by atoms with van der Waals surface area (Å²) in [5, 5.41) is 2.58. The highest BCUT2D eigenvalue weighted by Crippen LogP contribution is 2.19. The van der Waals surface area contributed by atoms with E-state index in [-0.39, 0.29) is 12.3 Å². The third kappa shape index (κ3) is 4.76. The molecule has 0 saturated heterocycles. The minimum atomic E-state index is -0.443. The first-order chi connectivity index (χ1) is 10.1. The molecule has 110 valence electrons. The number of nitrogens with two attached hydrogens (primary N) is 1. The van der Waals surface area contributed by atoms with Gasteiger partial charge in [-0.1, -0.05) is 12.1 Å². The number of halogens is 1. The van der Waals surface area contributed by atoms with E-state index < -0.39 is 5.82 Å². The zero-order chi connectivity index (χ0) is 15.1. The maximum Gasteiger partial charge on any atom is 0.225 e. The van der Waals surface area contributed by atoms with Gasteiger partial charge >= 0.3 is 0 Å². The monoisotopic (exact) mass is 289 g/mol. The summed E-state index contributed by atoms with van der Waals surface area (Å²) in [6.07, 6.45) is 1.88. The number of carbonyl (C=O) groups is 1. The highest BCUT2D eigenvalue weighted by Gasteiger charge is 2.04. The number of ether oxygens (including phenoxy) is 1. The zero-order valence-corrected chi connectivity index (χ0v) is 11.4. The van der Waals surface area contributed by atoms with E-state index in [1.807, 2.05) is 12.1 Å². The first kappa shape index (κ1) is 14.8. The lowest BCUT2D eigenvalue weighted by molar-refractivity contribution is -0.116. The highest BCUT2D eigenvalue weighted by atomic mass is 19.1. The number of pyridine rings is 1. The number of hydrogen-bond acceptors (Lipinski definition) is 4. The fraction of sp³-hybridized carbons (Fsp3) is 0.200. The molecule has 0 aliphatic carbocycles. The topological polar surface area (TPSA) is 77.2 Å². The van der Waals surface area contributed by atoms with E-state index >= 15 is 0 Å². The quantitative estimate of drug-likeness (QED) is 0.633. The Morgan fingerprint density at radius 3 is 2.81 bits per heavy atom. The van der Waals surface area contributed by atoms with Crippen LogP contribution >= 0.6 is 0 Å². The molecule has 0 aliphatic rings. The molecule has 6 heteroatoms. The van der Waals surface area contributed by atoms with E-state index in [0.29, 0.717) is 30.3 Å². The Labute approximate surface area is 121 Å². The minimum Gasteiger partial charge on any atom is -0.491 e. The molecule has 0 radical (unpaired) electrons. The second-order valence-corrected chi connectivity index (χ2v) is 4.40. The van der Waals surface area contributed by atoms with E-state index in [1.54, 1.807) is 12.1 Å². The van der Waals surface area contributed by atoms with Crippen LogP contribution in [0.4, 0.5) is 15.9 Å². The number of aromatic nitrogens is 1. The van der Waals surface area contributed by atoms with Crippen molar-refractivity contribution in [3.8, 4) is 5.75 Å².